The first-order valence-electron chi connectivity index (χ1n) is 14.4. The van der Waals surface area contributed by atoms with Crippen LogP contribution in [0.5, 0.6) is 5.75 Å². The Kier molecular flexibility index (Phi) is 9.31. The minimum atomic E-state index is -0.956. The molecule has 5 rings (SSSR count). The topological polar surface area (TPSA) is 63.5 Å². The van der Waals surface area contributed by atoms with Crippen molar-refractivity contribution in [2.45, 2.75) is 76.1 Å². The highest BCUT2D eigenvalue weighted by Crippen LogP contribution is 2.44. The van der Waals surface area contributed by atoms with Gasteiger partial charge in [0.25, 0.3) is 0 Å². The summed E-state index contributed by atoms with van der Waals surface area (Å²) in [7, 11) is 0. The van der Waals surface area contributed by atoms with E-state index in [0.29, 0.717) is 28.2 Å². The summed E-state index contributed by atoms with van der Waals surface area (Å²) >= 11 is 9.95. The fourth-order valence-electron chi connectivity index (χ4n) is 5.36. The molecule has 0 fully saturated rings. The number of halogens is 3. The van der Waals surface area contributed by atoms with Crippen molar-refractivity contribution in [1.29, 1.82) is 0 Å². The Balaban J connectivity index is 1.51. The molecule has 2 N–H and O–H groups in total. The number of ether oxygens (including phenoxy) is 1. The Hall–Kier alpha value is -2.43. The lowest BCUT2D eigenvalue weighted by molar-refractivity contribution is -0.146. The fraction of sp³-hybridized carbons (Fsp3) is 0.382. The zero-order valence-corrected chi connectivity index (χ0v) is 28.8. The molecule has 0 bridgehead atoms. The molecule has 1 aliphatic heterocycles. The van der Waals surface area contributed by atoms with Crippen molar-refractivity contribution in [3.05, 3.63) is 85.8 Å². The minimum Gasteiger partial charge on any atom is -0.491 e. The summed E-state index contributed by atoms with van der Waals surface area (Å²) in [5, 5.41) is 15.3. The summed E-state index contributed by atoms with van der Waals surface area (Å²) in [6, 6.07) is 17.6. The van der Waals surface area contributed by atoms with E-state index >= 15 is 0 Å². The summed E-state index contributed by atoms with van der Waals surface area (Å²) in [6.45, 7) is 11.2. The van der Waals surface area contributed by atoms with Crippen LogP contribution in [0.2, 0.25) is 5.02 Å². The van der Waals surface area contributed by atoms with E-state index in [-0.39, 0.29) is 16.6 Å². The number of rotatable bonds is 9. The van der Waals surface area contributed by atoms with Crippen LogP contribution in [0, 0.1) is 14.8 Å². The quantitative estimate of drug-likeness (QED) is 0.133. The van der Waals surface area contributed by atoms with E-state index in [4.69, 9.17) is 16.3 Å². The van der Waals surface area contributed by atoms with E-state index in [2.05, 4.69) is 42.8 Å². The highest BCUT2D eigenvalue weighted by molar-refractivity contribution is 14.1. The number of hydrogen-bond acceptors (Lipinski definition) is 4. The molecule has 1 unspecified atom stereocenters. The SMILES string of the molecule is CC(C)(C)Sc1c(CC(C)(C)C(=O)O)n(Cc2ccc(Cl)cc2)c2ccc(OCC3CCc4cc(F)c(I)cc4N3)cc12. The van der Waals surface area contributed by atoms with Gasteiger partial charge in [-0.1, -0.05) is 44.5 Å². The van der Waals surface area contributed by atoms with Crippen LogP contribution in [-0.2, 0) is 24.2 Å². The Morgan fingerprint density at radius 2 is 1.86 bits per heavy atom. The van der Waals surface area contributed by atoms with Crippen molar-refractivity contribution < 1.29 is 19.0 Å². The van der Waals surface area contributed by atoms with Gasteiger partial charge in [0.2, 0.25) is 0 Å². The fourth-order valence-corrected chi connectivity index (χ4v) is 7.14. The van der Waals surface area contributed by atoms with Crippen molar-refractivity contribution in [3.63, 3.8) is 0 Å². The van der Waals surface area contributed by atoms with Crippen molar-refractivity contribution in [1.82, 2.24) is 4.57 Å². The molecule has 0 aliphatic carbocycles. The third-order valence-corrected chi connectivity index (χ3v) is 10.0. The number of thioether (sulfide) groups is 1. The van der Waals surface area contributed by atoms with Crippen molar-refractivity contribution in [2.75, 3.05) is 11.9 Å². The summed E-state index contributed by atoms with van der Waals surface area (Å²) in [5.74, 6) is -0.245. The van der Waals surface area contributed by atoms with E-state index in [1.54, 1.807) is 31.7 Å². The van der Waals surface area contributed by atoms with Gasteiger partial charge in [-0.3, -0.25) is 4.79 Å². The van der Waals surface area contributed by atoms with Crippen LogP contribution in [0.15, 0.2) is 59.5 Å². The van der Waals surface area contributed by atoms with Gasteiger partial charge in [0.05, 0.1) is 15.0 Å². The predicted octanol–water partition coefficient (Wildman–Crippen LogP) is 9.44. The molecule has 1 atom stereocenters. The van der Waals surface area contributed by atoms with Crippen molar-refractivity contribution in [2.24, 2.45) is 5.41 Å². The lowest BCUT2D eigenvalue weighted by Crippen LogP contribution is -2.31. The molecule has 1 aliphatic rings. The molecule has 5 nitrogen and oxygen atoms in total. The standard InChI is InChI=1S/C34H37ClFIN2O3S/c1-33(2,3)43-31-25-15-24(42-19-23-11-8-21-14-26(36)27(37)16-28(21)38-23)12-13-29(25)39(18-20-6-9-22(35)10-7-20)30(31)17-34(4,5)32(40)41/h6-7,9-10,12-16,23,38H,8,11,17-19H2,1-5H3,(H,40,41). The number of benzene rings is 3. The molecule has 228 valence electrons. The molecular weight excluding hydrogens is 698 g/mol. The normalized spacial score (nSPS) is 15.3. The van der Waals surface area contributed by atoms with Crippen molar-refractivity contribution >= 4 is 68.5 Å². The zero-order chi connectivity index (χ0) is 31.1. The average Bonchev–Trinajstić information content (AvgIpc) is 3.18. The van der Waals surface area contributed by atoms with Crippen LogP contribution in [-0.4, -0.2) is 33.0 Å². The van der Waals surface area contributed by atoms with E-state index in [9.17, 15) is 14.3 Å². The molecule has 3 aromatic carbocycles. The number of hydrogen-bond donors (Lipinski definition) is 2. The lowest BCUT2D eigenvalue weighted by Gasteiger charge is -2.27. The number of anilines is 1. The van der Waals surface area contributed by atoms with Gasteiger partial charge < -0.3 is 19.7 Å². The molecule has 0 saturated carbocycles. The second-order valence-electron chi connectivity index (χ2n) is 12.9. The van der Waals surface area contributed by atoms with Crippen LogP contribution in [0.1, 0.15) is 57.9 Å². The summed E-state index contributed by atoms with van der Waals surface area (Å²) < 4.78 is 23.1. The predicted molar refractivity (Wildman–Crippen MR) is 184 cm³/mol. The lowest BCUT2D eigenvalue weighted by atomic mass is 9.88. The molecule has 0 radical (unpaired) electrons. The van der Waals surface area contributed by atoms with Gasteiger partial charge in [0.1, 0.15) is 18.2 Å². The van der Waals surface area contributed by atoms with Gasteiger partial charge in [0, 0.05) is 49.9 Å². The molecule has 2 heterocycles. The van der Waals surface area contributed by atoms with Gasteiger partial charge in [-0.2, -0.15) is 0 Å². The Bertz CT molecular complexity index is 1660. The largest absolute Gasteiger partial charge is 0.491 e. The van der Waals surface area contributed by atoms with Gasteiger partial charge in [-0.05, 0) is 103 Å². The van der Waals surface area contributed by atoms with E-state index in [1.807, 2.05) is 59.0 Å². The third-order valence-electron chi connectivity index (χ3n) is 7.66. The minimum absolute atomic E-state index is 0.102. The second kappa shape index (κ2) is 12.5. The highest BCUT2D eigenvalue weighted by Gasteiger charge is 2.33. The number of carbonyl (C=O) groups is 1. The maximum Gasteiger partial charge on any atom is 0.309 e. The molecule has 0 spiro atoms. The van der Waals surface area contributed by atoms with Crippen molar-refractivity contribution in [3.8, 4) is 5.75 Å². The van der Waals surface area contributed by atoms with E-state index < -0.39 is 11.4 Å². The molecule has 1 aromatic heterocycles. The molecule has 43 heavy (non-hydrogen) atoms. The summed E-state index contributed by atoms with van der Waals surface area (Å²) in [4.78, 5) is 13.4. The molecule has 4 aromatic rings. The maximum absolute atomic E-state index is 14.0. The molecule has 0 saturated heterocycles. The van der Waals surface area contributed by atoms with Crippen LogP contribution < -0.4 is 10.1 Å². The number of nitrogens with one attached hydrogen (secondary N) is 1. The Morgan fingerprint density at radius 3 is 2.53 bits per heavy atom. The Morgan fingerprint density at radius 1 is 1.14 bits per heavy atom. The first-order chi connectivity index (χ1) is 20.2. The Labute approximate surface area is 275 Å². The van der Waals surface area contributed by atoms with E-state index in [1.165, 1.54) is 0 Å². The summed E-state index contributed by atoms with van der Waals surface area (Å²) in [5.41, 5.74) is 4.13. The maximum atomic E-state index is 14.0. The summed E-state index contributed by atoms with van der Waals surface area (Å²) in [6.07, 6.45) is 2.03. The second-order valence-corrected chi connectivity index (χ2v) is 16.3. The molecule has 0 amide bonds. The number of aryl methyl sites for hydroxylation is 1. The molecular formula is C34H37ClFIN2O3S. The van der Waals surface area contributed by atoms with Crippen LogP contribution in [0.3, 0.4) is 0 Å². The number of carboxylic acid groups (broad SMARTS) is 1. The van der Waals surface area contributed by atoms with Gasteiger partial charge >= 0.3 is 5.97 Å². The third kappa shape index (κ3) is 7.45. The van der Waals surface area contributed by atoms with E-state index in [0.717, 1.165) is 56.9 Å². The average molecular weight is 735 g/mol. The van der Waals surface area contributed by atoms with Crippen LogP contribution in [0.4, 0.5) is 10.1 Å². The smallest absolute Gasteiger partial charge is 0.309 e. The number of aliphatic carboxylic acids is 1. The zero-order valence-electron chi connectivity index (χ0n) is 25.1. The van der Waals surface area contributed by atoms with Gasteiger partial charge in [-0.25, -0.2) is 4.39 Å². The first kappa shape index (κ1) is 32.0. The van der Waals surface area contributed by atoms with Gasteiger partial charge in [-0.15, -0.1) is 11.8 Å². The van der Waals surface area contributed by atoms with Crippen LogP contribution in [0.25, 0.3) is 10.9 Å². The number of fused-ring (bicyclic) bond motifs is 2. The monoisotopic (exact) mass is 734 g/mol. The highest BCUT2D eigenvalue weighted by atomic mass is 127. The van der Waals surface area contributed by atoms with Crippen LogP contribution >= 0.6 is 46.0 Å². The molecule has 9 heteroatoms. The first-order valence-corrected chi connectivity index (χ1v) is 16.7. The number of carboxylic acids is 1. The number of aromatic nitrogens is 1. The van der Waals surface area contributed by atoms with Gasteiger partial charge in [0.15, 0.2) is 0 Å². The number of nitrogens with zero attached hydrogens (tertiary/aromatic N) is 1.